The van der Waals surface area contributed by atoms with Crippen molar-refractivity contribution >= 4 is 38.6 Å². The maximum Gasteiger partial charge on any atom is 0.276 e. The van der Waals surface area contributed by atoms with E-state index in [2.05, 4.69) is 17.1 Å². The maximum atomic E-state index is 13.9. The molecule has 0 saturated carbocycles. The molecule has 2 aromatic heterocycles. The van der Waals surface area contributed by atoms with Gasteiger partial charge in [0.1, 0.15) is 4.70 Å². The minimum Gasteiger partial charge on any atom is -0.333 e. The monoisotopic (exact) mass is 508 g/mol. The second kappa shape index (κ2) is 9.59. The molecular weight excluding hydrogens is 472 g/mol. The second-order valence-corrected chi connectivity index (χ2v) is 12.2. The average Bonchev–Trinajstić information content (AvgIpc) is 3.59. The van der Waals surface area contributed by atoms with E-state index >= 15 is 0 Å². The molecule has 1 unspecified atom stereocenters. The van der Waals surface area contributed by atoms with Crippen LogP contribution in [0.4, 0.5) is 5.13 Å². The van der Waals surface area contributed by atoms with Gasteiger partial charge in [0.15, 0.2) is 16.5 Å². The molecule has 9 heteroatoms. The maximum absolute atomic E-state index is 13.9. The Hall–Kier alpha value is -2.78. The van der Waals surface area contributed by atoms with Gasteiger partial charge < -0.3 is 4.90 Å². The zero-order valence-electron chi connectivity index (χ0n) is 21.9. The first-order valence-electron chi connectivity index (χ1n) is 12.9. The van der Waals surface area contributed by atoms with Crippen molar-refractivity contribution in [2.45, 2.75) is 77.9 Å². The van der Waals surface area contributed by atoms with Crippen LogP contribution in [0.3, 0.4) is 0 Å². The third-order valence-corrected chi connectivity index (χ3v) is 8.34. The number of nitrogens with one attached hydrogen (secondary N) is 1. The Kier molecular flexibility index (Phi) is 6.63. The molecule has 2 aliphatic heterocycles. The Balaban J connectivity index is 1.44. The van der Waals surface area contributed by atoms with Crippen LogP contribution in [0.5, 0.6) is 0 Å². The number of nitrogens with zero attached hydrogens (tertiary/aromatic N) is 5. The highest BCUT2D eigenvalue weighted by molar-refractivity contribution is 7.22. The zero-order chi connectivity index (χ0) is 25.6. The summed E-state index contributed by atoms with van der Waals surface area (Å²) < 4.78 is 2.55. The highest BCUT2D eigenvalue weighted by Gasteiger charge is 2.36. The van der Waals surface area contributed by atoms with E-state index in [9.17, 15) is 9.59 Å². The van der Waals surface area contributed by atoms with Gasteiger partial charge in [0.25, 0.3) is 11.8 Å². The highest BCUT2D eigenvalue weighted by atomic mass is 32.1. The first-order valence-corrected chi connectivity index (χ1v) is 13.8. The zero-order valence-corrected chi connectivity index (χ0v) is 22.7. The third kappa shape index (κ3) is 4.78. The quantitative estimate of drug-likeness (QED) is 0.530. The van der Waals surface area contributed by atoms with Gasteiger partial charge in [0, 0.05) is 30.7 Å². The SMILES string of the molecule is Cc1ccc(C(=O)Nc2nc3c(s2)c(C(=O)N2CCC[C@H]2CN2CCCC2C)nn3C(C)(C)C)cc1. The summed E-state index contributed by atoms with van der Waals surface area (Å²) >= 11 is 1.32. The van der Waals surface area contributed by atoms with Crippen LogP contribution < -0.4 is 5.32 Å². The number of aromatic nitrogens is 3. The van der Waals surface area contributed by atoms with Crippen LogP contribution >= 0.6 is 11.3 Å². The molecule has 36 heavy (non-hydrogen) atoms. The van der Waals surface area contributed by atoms with E-state index in [4.69, 9.17) is 10.1 Å². The predicted molar refractivity (Wildman–Crippen MR) is 144 cm³/mol. The topological polar surface area (TPSA) is 83.4 Å². The summed E-state index contributed by atoms with van der Waals surface area (Å²) in [4.78, 5) is 35.9. The van der Waals surface area contributed by atoms with Crippen molar-refractivity contribution in [2.75, 3.05) is 25.0 Å². The molecule has 0 radical (unpaired) electrons. The first kappa shape index (κ1) is 24.9. The number of hydrogen-bond donors (Lipinski definition) is 1. The summed E-state index contributed by atoms with van der Waals surface area (Å²) in [6.45, 7) is 13.2. The molecule has 192 valence electrons. The van der Waals surface area contributed by atoms with Crippen LogP contribution in [0.15, 0.2) is 24.3 Å². The van der Waals surface area contributed by atoms with E-state index in [-0.39, 0.29) is 23.4 Å². The van der Waals surface area contributed by atoms with Crippen LogP contribution in [0.25, 0.3) is 10.3 Å². The molecule has 1 N–H and O–H groups in total. The number of carbonyl (C=O) groups excluding carboxylic acids is 2. The molecular formula is C27H36N6O2S. The highest BCUT2D eigenvalue weighted by Crippen LogP contribution is 2.34. The van der Waals surface area contributed by atoms with Crippen LogP contribution in [0.2, 0.25) is 0 Å². The van der Waals surface area contributed by atoms with E-state index < -0.39 is 0 Å². The van der Waals surface area contributed by atoms with Gasteiger partial charge in [-0.05, 0) is 79.0 Å². The van der Waals surface area contributed by atoms with E-state index in [0.29, 0.717) is 28.1 Å². The van der Waals surface area contributed by atoms with Gasteiger partial charge in [-0.25, -0.2) is 4.68 Å². The number of aryl methyl sites for hydroxylation is 1. The molecule has 8 nitrogen and oxygen atoms in total. The Morgan fingerprint density at radius 1 is 1.11 bits per heavy atom. The van der Waals surface area contributed by atoms with Crippen molar-refractivity contribution in [1.29, 1.82) is 0 Å². The van der Waals surface area contributed by atoms with Crippen molar-refractivity contribution in [1.82, 2.24) is 24.6 Å². The van der Waals surface area contributed by atoms with E-state index in [0.717, 1.165) is 42.7 Å². The number of benzene rings is 1. The van der Waals surface area contributed by atoms with E-state index in [1.54, 1.807) is 12.1 Å². The van der Waals surface area contributed by atoms with Gasteiger partial charge in [-0.15, -0.1) is 0 Å². The fourth-order valence-electron chi connectivity index (χ4n) is 5.30. The number of fused-ring (bicyclic) bond motifs is 1. The van der Waals surface area contributed by atoms with Crippen LogP contribution in [-0.2, 0) is 5.54 Å². The lowest BCUT2D eigenvalue weighted by Gasteiger charge is -2.30. The number of hydrogen-bond acceptors (Lipinski definition) is 6. The number of carbonyl (C=O) groups is 2. The molecule has 4 heterocycles. The number of likely N-dealkylation sites (tertiary alicyclic amines) is 2. The summed E-state index contributed by atoms with van der Waals surface area (Å²) in [6, 6.07) is 8.22. The smallest absolute Gasteiger partial charge is 0.276 e. The molecule has 0 aliphatic carbocycles. The number of anilines is 1. The van der Waals surface area contributed by atoms with Crippen molar-refractivity contribution in [3.8, 4) is 0 Å². The lowest BCUT2D eigenvalue weighted by molar-refractivity contribution is 0.0691. The Labute approximate surface area is 216 Å². The number of rotatable bonds is 5. The van der Waals surface area contributed by atoms with E-state index in [1.165, 1.54) is 24.2 Å². The molecule has 2 amide bonds. The fourth-order valence-corrected chi connectivity index (χ4v) is 6.22. The molecule has 2 saturated heterocycles. The predicted octanol–water partition coefficient (Wildman–Crippen LogP) is 4.90. The Bertz CT molecular complexity index is 1270. The van der Waals surface area contributed by atoms with Gasteiger partial charge in [0.05, 0.1) is 5.54 Å². The van der Waals surface area contributed by atoms with Gasteiger partial charge in [0.2, 0.25) is 0 Å². The van der Waals surface area contributed by atoms with Crippen molar-refractivity contribution < 1.29 is 9.59 Å². The molecule has 2 aliphatic rings. The second-order valence-electron chi connectivity index (χ2n) is 11.2. The van der Waals surface area contributed by atoms with Gasteiger partial charge >= 0.3 is 0 Å². The Morgan fingerprint density at radius 2 is 1.83 bits per heavy atom. The molecule has 2 atom stereocenters. The van der Waals surface area contributed by atoms with Gasteiger partial charge in [-0.2, -0.15) is 10.1 Å². The molecule has 5 rings (SSSR count). The lowest BCUT2D eigenvalue weighted by Crippen LogP contribution is -2.44. The summed E-state index contributed by atoms with van der Waals surface area (Å²) in [5.74, 6) is -0.244. The van der Waals surface area contributed by atoms with Crippen molar-refractivity contribution in [3.05, 3.63) is 41.1 Å². The standard InChI is InChI=1S/C27H36N6O2S/c1-17-10-12-19(13-11-17)24(34)29-26-28-23-22(36-26)21(30-33(23)27(3,4)5)25(35)32-15-7-9-20(32)16-31-14-6-8-18(31)2/h10-13,18,20H,6-9,14-16H2,1-5H3,(H,28,29,34)/t18?,20-/m0/s1. The summed E-state index contributed by atoms with van der Waals surface area (Å²) in [5.41, 5.74) is 2.39. The summed E-state index contributed by atoms with van der Waals surface area (Å²) in [6.07, 6.45) is 4.51. The largest absolute Gasteiger partial charge is 0.333 e. The molecule has 2 fully saturated rings. The third-order valence-electron chi connectivity index (χ3n) is 7.37. The van der Waals surface area contributed by atoms with Crippen LogP contribution in [-0.4, -0.2) is 68.1 Å². The summed E-state index contributed by atoms with van der Waals surface area (Å²) in [5, 5.41) is 8.18. The molecule has 3 aromatic rings. The minimum atomic E-state index is -0.363. The van der Waals surface area contributed by atoms with Crippen LogP contribution in [0, 0.1) is 6.92 Å². The minimum absolute atomic E-state index is 0.0302. The van der Waals surface area contributed by atoms with Crippen molar-refractivity contribution in [2.24, 2.45) is 0 Å². The van der Waals surface area contributed by atoms with Crippen molar-refractivity contribution in [3.63, 3.8) is 0 Å². The first-order chi connectivity index (χ1) is 17.1. The Morgan fingerprint density at radius 3 is 2.50 bits per heavy atom. The molecule has 0 spiro atoms. The molecule has 1 aromatic carbocycles. The molecule has 0 bridgehead atoms. The number of amides is 2. The van der Waals surface area contributed by atoms with Crippen LogP contribution in [0.1, 0.15) is 79.8 Å². The summed E-state index contributed by atoms with van der Waals surface area (Å²) in [7, 11) is 0. The van der Waals surface area contributed by atoms with E-state index in [1.807, 2.05) is 49.4 Å². The fraction of sp³-hybridized carbons (Fsp3) is 0.556. The lowest BCUT2D eigenvalue weighted by atomic mass is 10.1. The normalized spacial score (nSPS) is 21.0. The van der Waals surface area contributed by atoms with Gasteiger partial charge in [-0.3, -0.25) is 19.8 Å². The number of thiazole rings is 1. The van der Waals surface area contributed by atoms with Gasteiger partial charge in [-0.1, -0.05) is 29.0 Å². The average molecular weight is 509 g/mol.